The fraction of sp³-hybridized carbons (Fsp3) is 0.235. The molecule has 1 unspecified atom stereocenters. The van der Waals surface area contributed by atoms with Gasteiger partial charge in [-0.1, -0.05) is 58.4 Å². The van der Waals surface area contributed by atoms with Crippen molar-refractivity contribution >= 4 is 21.8 Å². The van der Waals surface area contributed by atoms with Crippen LogP contribution in [0.4, 0.5) is 0 Å². The Balaban J connectivity index is 1.92. The summed E-state index contributed by atoms with van der Waals surface area (Å²) >= 11 is 3.40. The largest absolute Gasteiger partial charge is 0.385 e. The number of nitrogens with one attached hydrogen (secondary N) is 1. The predicted octanol–water partition coefficient (Wildman–Crippen LogP) is 3.36. The van der Waals surface area contributed by atoms with Crippen molar-refractivity contribution in [2.45, 2.75) is 25.5 Å². The molecule has 2 rings (SSSR count). The van der Waals surface area contributed by atoms with Gasteiger partial charge in [0, 0.05) is 11.0 Å². The number of carbonyl (C=O) groups is 1. The van der Waals surface area contributed by atoms with Crippen molar-refractivity contribution in [3.8, 4) is 0 Å². The van der Waals surface area contributed by atoms with Crippen molar-refractivity contribution in [2.24, 2.45) is 0 Å². The number of hydrogen-bond acceptors (Lipinski definition) is 2. The predicted molar refractivity (Wildman–Crippen MR) is 86.6 cm³/mol. The van der Waals surface area contributed by atoms with E-state index in [2.05, 4.69) is 21.2 Å². The standard InChI is InChI=1S/C17H18BrNO2/c1-17(21,14-7-3-2-4-8-14)11-16(20)19-12-13-6-5-9-15(18)10-13/h2-10,21H,11-12H2,1H3,(H,19,20). The van der Waals surface area contributed by atoms with Gasteiger partial charge in [-0.2, -0.15) is 0 Å². The zero-order valence-corrected chi connectivity index (χ0v) is 13.4. The first-order valence-electron chi connectivity index (χ1n) is 6.76. The number of hydrogen-bond donors (Lipinski definition) is 2. The van der Waals surface area contributed by atoms with E-state index < -0.39 is 5.60 Å². The summed E-state index contributed by atoms with van der Waals surface area (Å²) in [5.41, 5.74) is 0.586. The highest BCUT2D eigenvalue weighted by atomic mass is 79.9. The first-order chi connectivity index (χ1) is 9.97. The van der Waals surface area contributed by atoms with Crippen molar-refractivity contribution in [3.05, 3.63) is 70.2 Å². The molecule has 1 amide bonds. The maximum Gasteiger partial charge on any atom is 0.223 e. The average Bonchev–Trinajstić information content (AvgIpc) is 2.46. The summed E-state index contributed by atoms with van der Waals surface area (Å²) in [7, 11) is 0. The van der Waals surface area contributed by atoms with E-state index in [1.165, 1.54) is 0 Å². The number of benzene rings is 2. The second-order valence-electron chi connectivity index (χ2n) is 5.22. The highest BCUT2D eigenvalue weighted by Crippen LogP contribution is 2.23. The van der Waals surface area contributed by atoms with Crippen molar-refractivity contribution in [2.75, 3.05) is 0 Å². The first kappa shape index (κ1) is 15.7. The Labute approximate surface area is 133 Å². The fourth-order valence-electron chi connectivity index (χ4n) is 2.12. The van der Waals surface area contributed by atoms with E-state index in [1.807, 2.05) is 54.6 Å². The van der Waals surface area contributed by atoms with E-state index in [-0.39, 0.29) is 12.3 Å². The van der Waals surface area contributed by atoms with E-state index in [1.54, 1.807) is 6.92 Å². The Morgan fingerprint density at radius 1 is 1.19 bits per heavy atom. The Hall–Kier alpha value is -1.65. The molecule has 2 N–H and O–H groups in total. The lowest BCUT2D eigenvalue weighted by Crippen LogP contribution is -2.32. The minimum Gasteiger partial charge on any atom is -0.385 e. The van der Waals surface area contributed by atoms with Crippen molar-refractivity contribution in [1.82, 2.24) is 5.32 Å². The van der Waals surface area contributed by atoms with Crippen LogP contribution in [0.15, 0.2) is 59.1 Å². The molecule has 0 aliphatic rings. The van der Waals surface area contributed by atoms with Crippen LogP contribution >= 0.6 is 15.9 Å². The molecule has 0 spiro atoms. The summed E-state index contributed by atoms with van der Waals surface area (Å²) in [5.74, 6) is -0.177. The molecule has 0 saturated carbocycles. The molecular formula is C17H18BrNO2. The van der Waals surface area contributed by atoms with Gasteiger partial charge < -0.3 is 10.4 Å². The zero-order valence-electron chi connectivity index (χ0n) is 11.8. The monoisotopic (exact) mass is 347 g/mol. The van der Waals surface area contributed by atoms with Crippen LogP contribution in [-0.4, -0.2) is 11.0 Å². The minimum absolute atomic E-state index is 0.0328. The number of aliphatic hydroxyl groups is 1. The van der Waals surface area contributed by atoms with E-state index in [0.717, 1.165) is 15.6 Å². The molecule has 0 fully saturated rings. The average molecular weight is 348 g/mol. The van der Waals surface area contributed by atoms with Crippen molar-refractivity contribution in [3.63, 3.8) is 0 Å². The van der Waals surface area contributed by atoms with Crippen LogP contribution in [0.1, 0.15) is 24.5 Å². The summed E-state index contributed by atoms with van der Waals surface area (Å²) in [4.78, 5) is 12.0. The topological polar surface area (TPSA) is 49.3 Å². The molecule has 0 bridgehead atoms. The summed E-state index contributed by atoms with van der Waals surface area (Å²) in [6.07, 6.45) is 0.0328. The number of halogens is 1. The third kappa shape index (κ3) is 4.69. The first-order valence-corrected chi connectivity index (χ1v) is 7.56. The van der Waals surface area contributed by atoms with Crippen molar-refractivity contribution < 1.29 is 9.90 Å². The molecule has 0 saturated heterocycles. The molecule has 110 valence electrons. The maximum atomic E-state index is 12.0. The summed E-state index contributed by atoms with van der Waals surface area (Å²) in [5, 5.41) is 13.3. The Kier molecular flexibility index (Phi) is 5.15. The van der Waals surface area contributed by atoms with Gasteiger partial charge in [-0.25, -0.2) is 0 Å². The van der Waals surface area contributed by atoms with Gasteiger partial charge in [0.2, 0.25) is 5.91 Å². The molecule has 3 nitrogen and oxygen atoms in total. The molecule has 0 aromatic heterocycles. The zero-order chi connectivity index (χ0) is 15.3. The molecule has 0 aliphatic heterocycles. The molecule has 0 radical (unpaired) electrons. The van der Waals surface area contributed by atoms with Gasteiger partial charge in [-0.05, 0) is 30.2 Å². The highest BCUT2D eigenvalue weighted by Gasteiger charge is 2.26. The Morgan fingerprint density at radius 3 is 2.57 bits per heavy atom. The van der Waals surface area contributed by atoms with Crippen LogP contribution in [0.2, 0.25) is 0 Å². The third-order valence-electron chi connectivity index (χ3n) is 3.28. The minimum atomic E-state index is -1.16. The van der Waals surface area contributed by atoms with E-state index >= 15 is 0 Å². The summed E-state index contributed by atoms with van der Waals surface area (Å²) in [6.45, 7) is 2.10. The van der Waals surface area contributed by atoms with Crippen LogP contribution < -0.4 is 5.32 Å². The van der Waals surface area contributed by atoms with E-state index in [9.17, 15) is 9.90 Å². The molecule has 2 aromatic carbocycles. The number of amides is 1. The molecule has 2 aromatic rings. The quantitative estimate of drug-likeness (QED) is 0.871. The molecule has 4 heteroatoms. The van der Waals surface area contributed by atoms with Crippen LogP contribution in [0.3, 0.4) is 0 Å². The lowest BCUT2D eigenvalue weighted by Gasteiger charge is -2.23. The SMILES string of the molecule is CC(O)(CC(=O)NCc1cccc(Br)c1)c1ccccc1. The van der Waals surface area contributed by atoms with Gasteiger partial charge in [0.1, 0.15) is 0 Å². The maximum absolute atomic E-state index is 12.0. The number of carbonyl (C=O) groups excluding carboxylic acids is 1. The van der Waals surface area contributed by atoms with Gasteiger partial charge in [0.05, 0.1) is 12.0 Å². The van der Waals surface area contributed by atoms with Gasteiger partial charge in [0.15, 0.2) is 0 Å². The normalized spacial score (nSPS) is 13.5. The fourth-order valence-corrected chi connectivity index (χ4v) is 2.57. The van der Waals surface area contributed by atoms with Crippen LogP contribution in [0.25, 0.3) is 0 Å². The van der Waals surface area contributed by atoms with Gasteiger partial charge >= 0.3 is 0 Å². The van der Waals surface area contributed by atoms with E-state index in [0.29, 0.717) is 6.54 Å². The lowest BCUT2D eigenvalue weighted by atomic mass is 9.92. The van der Waals surface area contributed by atoms with E-state index in [4.69, 9.17) is 0 Å². The number of rotatable bonds is 5. The molecule has 0 heterocycles. The van der Waals surface area contributed by atoms with Crippen LogP contribution in [0, 0.1) is 0 Å². The second-order valence-corrected chi connectivity index (χ2v) is 6.14. The molecule has 0 aliphatic carbocycles. The van der Waals surface area contributed by atoms with Crippen LogP contribution in [0.5, 0.6) is 0 Å². The molecular weight excluding hydrogens is 330 g/mol. The van der Waals surface area contributed by atoms with Gasteiger partial charge in [0.25, 0.3) is 0 Å². The van der Waals surface area contributed by atoms with Gasteiger partial charge in [-0.15, -0.1) is 0 Å². The molecule has 21 heavy (non-hydrogen) atoms. The van der Waals surface area contributed by atoms with Gasteiger partial charge in [-0.3, -0.25) is 4.79 Å². The Bertz CT molecular complexity index is 611. The second kappa shape index (κ2) is 6.87. The van der Waals surface area contributed by atoms with Crippen LogP contribution in [-0.2, 0) is 16.9 Å². The summed E-state index contributed by atoms with van der Waals surface area (Å²) in [6, 6.07) is 17.0. The van der Waals surface area contributed by atoms with Crippen molar-refractivity contribution in [1.29, 1.82) is 0 Å². The third-order valence-corrected chi connectivity index (χ3v) is 3.77. The smallest absolute Gasteiger partial charge is 0.223 e. The molecule has 1 atom stereocenters. The highest BCUT2D eigenvalue weighted by molar-refractivity contribution is 9.10. The Morgan fingerprint density at radius 2 is 1.90 bits per heavy atom. The lowest BCUT2D eigenvalue weighted by molar-refractivity contribution is -0.126. The summed E-state index contributed by atoms with van der Waals surface area (Å²) < 4.78 is 0.977.